The molecule has 0 aliphatic carbocycles. The molecule has 180 valence electrons. The molecular formula is C29H31N3O3. The Labute approximate surface area is 206 Å². The molecule has 0 fully saturated rings. The van der Waals surface area contributed by atoms with Crippen molar-refractivity contribution in [3.63, 3.8) is 0 Å². The number of allylic oxidation sites excluding steroid dienone is 1. The van der Waals surface area contributed by atoms with E-state index in [0.29, 0.717) is 17.9 Å². The molecular weight excluding hydrogens is 438 g/mol. The largest absolute Gasteiger partial charge is 0.497 e. The number of amides is 1. The van der Waals surface area contributed by atoms with E-state index in [1.165, 1.54) is 0 Å². The molecule has 6 heteroatoms. The van der Waals surface area contributed by atoms with Crippen molar-refractivity contribution in [1.82, 2.24) is 14.9 Å². The number of carbonyl (C=O) groups is 1. The highest BCUT2D eigenvalue weighted by atomic mass is 16.5. The van der Waals surface area contributed by atoms with E-state index >= 15 is 0 Å². The molecule has 0 saturated carbocycles. The summed E-state index contributed by atoms with van der Waals surface area (Å²) in [4.78, 5) is 17.7. The van der Waals surface area contributed by atoms with Crippen LogP contribution in [0.15, 0.2) is 85.5 Å². The van der Waals surface area contributed by atoms with Crippen molar-refractivity contribution in [2.75, 3.05) is 13.7 Å². The molecule has 1 unspecified atom stereocenters. The van der Waals surface area contributed by atoms with E-state index in [9.17, 15) is 4.79 Å². The van der Waals surface area contributed by atoms with Crippen LogP contribution in [0.4, 0.5) is 0 Å². The second kappa shape index (κ2) is 11.4. The number of rotatable bonds is 11. The molecule has 0 radical (unpaired) electrons. The standard InChI is InChI=1S/C29H31N3O3/c1-4-10-22-11-5-8-14-27(22)35-20-9-19-32-26-13-7-6-12-25(26)31-28(32)21(2)30-29(33)23-15-17-24(34-3)18-16-23/h4-8,11-18,21H,1,9-10,19-20H2,2-3H3,(H,30,33). The summed E-state index contributed by atoms with van der Waals surface area (Å²) >= 11 is 0. The number of aryl methyl sites for hydroxylation is 1. The van der Waals surface area contributed by atoms with Gasteiger partial charge in [-0.1, -0.05) is 36.4 Å². The van der Waals surface area contributed by atoms with Crippen molar-refractivity contribution in [3.05, 3.63) is 102 Å². The number of aromatic nitrogens is 2. The van der Waals surface area contributed by atoms with E-state index in [-0.39, 0.29) is 11.9 Å². The van der Waals surface area contributed by atoms with Gasteiger partial charge in [-0.25, -0.2) is 4.98 Å². The van der Waals surface area contributed by atoms with Crippen molar-refractivity contribution in [1.29, 1.82) is 0 Å². The van der Waals surface area contributed by atoms with E-state index in [1.54, 1.807) is 31.4 Å². The number of fused-ring (bicyclic) bond motifs is 1. The van der Waals surface area contributed by atoms with Gasteiger partial charge in [-0.3, -0.25) is 4.79 Å². The lowest BCUT2D eigenvalue weighted by atomic mass is 10.1. The number of methoxy groups -OCH3 is 1. The Morgan fingerprint density at radius 2 is 1.83 bits per heavy atom. The van der Waals surface area contributed by atoms with E-state index in [2.05, 4.69) is 28.6 Å². The number of imidazole rings is 1. The number of carbonyl (C=O) groups excluding carboxylic acids is 1. The monoisotopic (exact) mass is 469 g/mol. The Morgan fingerprint density at radius 3 is 2.60 bits per heavy atom. The van der Waals surface area contributed by atoms with Gasteiger partial charge in [-0.2, -0.15) is 0 Å². The fourth-order valence-electron chi connectivity index (χ4n) is 4.12. The number of hydrogen-bond donors (Lipinski definition) is 1. The molecule has 1 N–H and O–H groups in total. The molecule has 6 nitrogen and oxygen atoms in total. The fourth-order valence-corrected chi connectivity index (χ4v) is 4.12. The molecule has 0 saturated heterocycles. The third-order valence-corrected chi connectivity index (χ3v) is 5.89. The van der Waals surface area contributed by atoms with Crippen molar-refractivity contribution < 1.29 is 14.3 Å². The summed E-state index contributed by atoms with van der Waals surface area (Å²) in [5.41, 5.74) is 3.66. The van der Waals surface area contributed by atoms with Crippen LogP contribution in [-0.4, -0.2) is 29.2 Å². The van der Waals surface area contributed by atoms with Gasteiger partial charge in [0.25, 0.3) is 5.91 Å². The number of hydrogen-bond acceptors (Lipinski definition) is 4. The molecule has 1 aromatic heterocycles. The quantitative estimate of drug-likeness (QED) is 0.225. The average Bonchev–Trinajstić information content (AvgIpc) is 3.26. The fraction of sp³-hybridized carbons (Fsp3) is 0.241. The smallest absolute Gasteiger partial charge is 0.251 e. The lowest BCUT2D eigenvalue weighted by molar-refractivity contribution is 0.0937. The van der Waals surface area contributed by atoms with Crippen molar-refractivity contribution >= 4 is 16.9 Å². The van der Waals surface area contributed by atoms with E-state index in [4.69, 9.17) is 14.5 Å². The minimum Gasteiger partial charge on any atom is -0.497 e. The van der Waals surface area contributed by atoms with E-state index in [1.807, 2.05) is 49.4 Å². The van der Waals surface area contributed by atoms with Gasteiger partial charge in [0.05, 0.1) is 30.8 Å². The van der Waals surface area contributed by atoms with Crippen LogP contribution in [0.25, 0.3) is 11.0 Å². The van der Waals surface area contributed by atoms with Gasteiger partial charge in [0.1, 0.15) is 17.3 Å². The summed E-state index contributed by atoms with van der Waals surface area (Å²) in [5, 5.41) is 3.09. The first-order valence-electron chi connectivity index (χ1n) is 11.8. The lowest BCUT2D eigenvalue weighted by Crippen LogP contribution is -2.28. The van der Waals surface area contributed by atoms with Crippen molar-refractivity contribution in [2.45, 2.75) is 32.4 Å². The zero-order valence-electron chi connectivity index (χ0n) is 20.2. The normalized spacial score (nSPS) is 11.7. The lowest BCUT2D eigenvalue weighted by Gasteiger charge is -2.17. The second-order valence-electron chi connectivity index (χ2n) is 8.34. The molecule has 0 aliphatic heterocycles. The first-order chi connectivity index (χ1) is 17.1. The van der Waals surface area contributed by atoms with Crippen molar-refractivity contribution in [3.8, 4) is 11.5 Å². The maximum Gasteiger partial charge on any atom is 0.251 e. The van der Waals surface area contributed by atoms with Crippen LogP contribution in [0.3, 0.4) is 0 Å². The topological polar surface area (TPSA) is 65.4 Å². The number of benzene rings is 3. The summed E-state index contributed by atoms with van der Waals surface area (Å²) in [6.45, 7) is 7.09. The summed E-state index contributed by atoms with van der Waals surface area (Å²) < 4.78 is 13.4. The minimum atomic E-state index is -0.272. The maximum absolute atomic E-state index is 12.8. The predicted molar refractivity (Wildman–Crippen MR) is 139 cm³/mol. The summed E-state index contributed by atoms with van der Waals surface area (Å²) in [5.74, 6) is 2.27. The SMILES string of the molecule is C=CCc1ccccc1OCCCn1c(C(C)NC(=O)c2ccc(OC)cc2)nc2ccccc21. The summed E-state index contributed by atoms with van der Waals surface area (Å²) in [7, 11) is 1.60. The van der Waals surface area contributed by atoms with Crippen LogP contribution < -0.4 is 14.8 Å². The molecule has 0 spiro atoms. The van der Waals surface area contributed by atoms with Crippen molar-refractivity contribution in [2.24, 2.45) is 0 Å². The highest BCUT2D eigenvalue weighted by molar-refractivity contribution is 5.94. The predicted octanol–water partition coefficient (Wildman–Crippen LogP) is 5.73. The number of nitrogens with one attached hydrogen (secondary N) is 1. The van der Waals surface area contributed by atoms with Crippen LogP contribution in [-0.2, 0) is 13.0 Å². The third-order valence-electron chi connectivity index (χ3n) is 5.89. The van der Waals surface area contributed by atoms with Gasteiger partial charge in [0, 0.05) is 12.1 Å². The molecule has 4 aromatic rings. The zero-order chi connectivity index (χ0) is 24.6. The van der Waals surface area contributed by atoms with E-state index < -0.39 is 0 Å². The summed E-state index contributed by atoms with van der Waals surface area (Å²) in [6.07, 6.45) is 3.46. The minimum absolute atomic E-state index is 0.152. The average molecular weight is 470 g/mol. The summed E-state index contributed by atoms with van der Waals surface area (Å²) in [6, 6.07) is 22.9. The maximum atomic E-state index is 12.8. The van der Waals surface area contributed by atoms with Gasteiger partial charge in [-0.05, 0) is 67.8 Å². The molecule has 1 atom stereocenters. The molecule has 35 heavy (non-hydrogen) atoms. The van der Waals surface area contributed by atoms with Crippen LogP contribution in [0.1, 0.15) is 41.1 Å². The Morgan fingerprint density at radius 1 is 1.09 bits per heavy atom. The van der Waals surface area contributed by atoms with Gasteiger partial charge in [0.2, 0.25) is 0 Å². The van der Waals surface area contributed by atoms with Gasteiger partial charge in [0.15, 0.2) is 0 Å². The van der Waals surface area contributed by atoms with Gasteiger partial charge in [-0.15, -0.1) is 6.58 Å². The number of ether oxygens (including phenoxy) is 2. The molecule has 0 bridgehead atoms. The molecule has 4 rings (SSSR count). The van der Waals surface area contributed by atoms with Gasteiger partial charge >= 0.3 is 0 Å². The molecule has 1 heterocycles. The Hall–Kier alpha value is -4.06. The highest BCUT2D eigenvalue weighted by Crippen LogP contribution is 2.23. The zero-order valence-corrected chi connectivity index (χ0v) is 20.2. The van der Waals surface area contributed by atoms with Crippen LogP contribution in [0.5, 0.6) is 11.5 Å². The first-order valence-corrected chi connectivity index (χ1v) is 11.8. The Bertz CT molecular complexity index is 1290. The Balaban J connectivity index is 1.46. The first kappa shape index (κ1) is 24.1. The van der Waals surface area contributed by atoms with Crippen LogP contribution >= 0.6 is 0 Å². The number of para-hydroxylation sites is 3. The van der Waals surface area contributed by atoms with Gasteiger partial charge < -0.3 is 19.4 Å². The second-order valence-corrected chi connectivity index (χ2v) is 8.34. The van der Waals surface area contributed by atoms with E-state index in [0.717, 1.165) is 47.6 Å². The van der Waals surface area contributed by atoms with Crippen LogP contribution in [0.2, 0.25) is 0 Å². The highest BCUT2D eigenvalue weighted by Gasteiger charge is 2.19. The molecule has 3 aromatic carbocycles. The molecule has 1 amide bonds. The number of nitrogens with zero attached hydrogens (tertiary/aromatic N) is 2. The Kier molecular flexibility index (Phi) is 7.83. The van der Waals surface area contributed by atoms with Crippen LogP contribution in [0, 0.1) is 0 Å². The third kappa shape index (κ3) is 5.72. The molecule has 0 aliphatic rings.